The molecule has 0 aliphatic rings. The zero-order chi connectivity index (χ0) is 12.6. The molecule has 0 spiro atoms. The number of nitrogens with zero attached hydrogens (tertiary/aromatic N) is 2. The van der Waals surface area contributed by atoms with Gasteiger partial charge in [-0.2, -0.15) is 5.10 Å². The average Bonchev–Trinajstić information content (AvgIpc) is 2.64. The molecule has 2 aromatic rings. The Balaban J connectivity index is 2.53. The van der Waals surface area contributed by atoms with E-state index in [0.29, 0.717) is 15.3 Å². The maximum atomic E-state index is 10.9. The first-order valence-corrected chi connectivity index (χ1v) is 5.91. The molecule has 1 heterocycles. The smallest absolute Gasteiger partial charge is 0.340 e. The van der Waals surface area contributed by atoms with Gasteiger partial charge >= 0.3 is 5.97 Å². The highest BCUT2D eigenvalue weighted by Crippen LogP contribution is 2.24. The van der Waals surface area contributed by atoms with Gasteiger partial charge in [-0.05, 0) is 40.5 Å². The van der Waals surface area contributed by atoms with Crippen LogP contribution in [0.15, 0.2) is 29.0 Å². The van der Waals surface area contributed by atoms with E-state index in [1.54, 1.807) is 6.07 Å². The number of carbonyl (C=O) groups is 1. The van der Waals surface area contributed by atoms with E-state index < -0.39 is 5.97 Å². The number of hydrogen-bond donors (Lipinski definition) is 1. The molecule has 1 aromatic carbocycles. The van der Waals surface area contributed by atoms with Crippen LogP contribution in [-0.2, 0) is 0 Å². The standard InChI is InChI=1S/C11H8BrClN2O2/c1-6-2-3-7(4-9(6)13)15-10(12)8(5-14-15)11(16)17/h2-5H,1H3,(H,16,17). The van der Waals surface area contributed by atoms with Gasteiger partial charge in [0.2, 0.25) is 0 Å². The molecule has 4 nitrogen and oxygen atoms in total. The van der Waals surface area contributed by atoms with E-state index >= 15 is 0 Å². The van der Waals surface area contributed by atoms with Crippen LogP contribution in [0.5, 0.6) is 0 Å². The summed E-state index contributed by atoms with van der Waals surface area (Å²) in [5.74, 6) is -1.03. The van der Waals surface area contributed by atoms with Crippen molar-refractivity contribution in [2.75, 3.05) is 0 Å². The topological polar surface area (TPSA) is 55.1 Å². The Hall–Kier alpha value is -1.33. The predicted molar refractivity (Wildman–Crippen MR) is 68.0 cm³/mol. The van der Waals surface area contributed by atoms with E-state index in [1.165, 1.54) is 10.9 Å². The number of aromatic nitrogens is 2. The fraction of sp³-hybridized carbons (Fsp3) is 0.0909. The van der Waals surface area contributed by atoms with Crippen LogP contribution < -0.4 is 0 Å². The maximum absolute atomic E-state index is 10.9. The maximum Gasteiger partial charge on any atom is 0.340 e. The Morgan fingerprint density at radius 1 is 1.53 bits per heavy atom. The lowest BCUT2D eigenvalue weighted by molar-refractivity contribution is 0.0696. The van der Waals surface area contributed by atoms with Crippen LogP contribution in [0.25, 0.3) is 5.69 Å². The van der Waals surface area contributed by atoms with Gasteiger partial charge in [0.25, 0.3) is 0 Å². The quantitative estimate of drug-likeness (QED) is 0.925. The second-order valence-corrected chi connectivity index (χ2v) is 4.66. The third-order valence-electron chi connectivity index (χ3n) is 2.34. The van der Waals surface area contributed by atoms with Gasteiger partial charge in [0.15, 0.2) is 0 Å². The van der Waals surface area contributed by atoms with Crippen molar-refractivity contribution in [1.82, 2.24) is 9.78 Å². The second kappa shape index (κ2) is 4.50. The van der Waals surface area contributed by atoms with Crippen LogP contribution in [0, 0.1) is 6.92 Å². The SMILES string of the molecule is Cc1ccc(-n2ncc(C(=O)O)c2Br)cc1Cl. The summed E-state index contributed by atoms with van der Waals surface area (Å²) < 4.78 is 1.87. The Morgan fingerprint density at radius 2 is 2.24 bits per heavy atom. The molecule has 0 radical (unpaired) electrons. The van der Waals surface area contributed by atoms with E-state index in [4.69, 9.17) is 16.7 Å². The lowest BCUT2D eigenvalue weighted by Gasteiger charge is -2.05. The molecule has 88 valence electrons. The summed E-state index contributed by atoms with van der Waals surface area (Å²) in [6, 6.07) is 5.41. The molecule has 2 rings (SSSR count). The van der Waals surface area contributed by atoms with Gasteiger partial charge < -0.3 is 5.11 Å². The van der Waals surface area contributed by atoms with Gasteiger partial charge in [-0.25, -0.2) is 9.48 Å². The van der Waals surface area contributed by atoms with Crippen LogP contribution in [-0.4, -0.2) is 20.9 Å². The molecule has 0 unspecified atom stereocenters. The van der Waals surface area contributed by atoms with Crippen LogP contribution in [0.1, 0.15) is 15.9 Å². The average molecular weight is 316 g/mol. The Morgan fingerprint density at radius 3 is 2.76 bits per heavy atom. The first kappa shape index (κ1) is 12.1. The van der Waals surface area contributed by atoms with E-state index in [2.05, 4.69) is 21.0 Å². The molecule has 0 atom stereocenters. The molecular formula is C11H8BrClN2O2. The van der Waals surface area contributed by atoms with Crippen molar-refractivity contribution in [3.8, 4) is 5.69 Å². The number of aromatic carboxylic acids is 1. The summed E-state index contributed by atoms with van der Waals surface area (Å²) in [5, 5.41) is 13.5. The first-order chi connectivity index (χ1) is 8.00. The van der Waals surface area contributed by atoms with E-state index in [-0.39, 0.29) is 5.56 Å². The van der Waals surface area contributed by atoms with Gasteiger partial charge in [0.05, 0.1) is 11.9 Å². The second-order valence-electron chi connectivity index (χ2n) is 3.50. The molecule has 0 fully saturated rings. The fourth-order valence-electron chi connectivity index (χ4n) is 1.37. The van der Waals surface area contributed by atoms with E-state index in [9.17, 15) is 4.79 Å². The molecule has 1 N–H and O–H groups in total. The van der Waals surface area contributed by atoms with Crippen molar-refractivity contribution >= 4 is 33.5 Å². The van der Waals surface area contributed by atoms with Gasteiger partial charge in [-0.3, -0.25) is 0 Å². The Kier molecular flexibility index (Phi) is 3.22. The summed E-state index contributed by atoms with van der Waals surface area (Å²) in [5.41, 5.74) is 1.78. The summed E-state index contributed by atoms with van der Waals surface area (Å²) >= 11 is 9.22. The van der Waals surface area contributed by atoms with Crippen molar-refractivity contribution < 1.29 is 9.90 Å². The lowest BCUT2D eigenvalue weighted by atomic mass is 10.2. The summed E-state index contributed by atoms with van der Waals surface area (Å²) in [6.45, 7) is 1.90. The molecule has 0 saturated carbocycles. The minimum Gasteiger partial charge on any atom is -0.478 e. The zero-order valence-corrected chi connectivity index (χ0v) is 11.2. The summed E-state index contributed by atoms with van der Waals surface area (Å²) in [4.78, 5) is 10.9. The summed E-state index contributed by atoms with van der Waals surface area (Å²) in [6.07, 6.45) is 1.29. The van der Waals surface area contributed by atoms with Gasteiger partial charge in [0, 0.05) is 5.02 Å². The number of halogens is 2. The number of aryl methyl sites for hydroxylation is 1. The van der Waals surface area contributed by atoms with Gasteiger partial charge in [0.1, 0.15) is 10.2 Å². The molecular weight excluding hydrogens is 307 g/mol. The normalized spacial score (nSPS) is 10.5. The highest BCUT2D eigenvalue weighted by Gasteiger charge is 2.15. The Bertz CT molecular complexity index is 595. The van der Waals surface area contributed by atoms with Crippen molar-refractivity contribution in [2.45, 2.75) is 6.92 Å². The highest BCUT2D eigenvalue weighted by molar-refractivity contribution is 9.10. The fourth-order valence-corrected chi connectivity index (χ4v) is 2.11. The van der Waals surface area contributed by atoms with Crippen molar-refractivity contribution in [2.24, 2.45) is 0 Å². The van der Waals surface area contributed by atoms with Crippen LogP contribution in [0.3, 0.4) is 0 Å². The highest BCUT2D eigenvalue weighted by atomic mass is 79.9. The molecule has 6 heteroatoms. The molecule has 0 saturated heterocycles. The molecule has 0 amide bonds. The van der Waals surface area contributed by atoms with Crippen LogP contribution >= 0.6 is 27.5 Å². The number of hydrogen-bond acceptors (Lipinski definition) is 2. The molecule has 0 aliphatic carbocycles. The zero-order valence-electron chi connectivity index (χ0n) is 8.82. The monoisotopic (exact) mass is 314 g/mol. The number of carboxylic acid groups (broad SMARTS) is 1. The minimum atomic E-state index is -1.03. The summed E-state index contributed by atoms with van der Waals surface area (Å²) in [7, 11) is 0. The Labute approximate surface area is 111 Å². The predicted octanol–water partition coefficient (Wildman–Crippen LogP) is 3.29. The molecule has 17 heavy (non-hydrogen) atoms. The molecule has 1 aromatic heterocycles. The van der Waals surface area contributed by atoms with Gasteiger partial charge in [-0.1, -0.05) is 17.7 Å². The number of rotatable bonds is 2. The van der Waals surface area contributed by atoms with E-state index in [0.717, 1.165) is 5.56 Å². The van der Waals surface area contributed by atoms with Crippen molar-refractivity contribution in [3.63, 3.8) is 0 Å². The van der Waals surface area contributed by atoms with E-state index in [1.807, 2.05) is 19.1 Å². The minimum absolute atomic E-state index is 0.113. The van der Waals surface area contributed by atoms with Crippen LogP contribution in [0.4, 0.5) is 0 Å². The van der Waals surface area contributed by atoms with Gasteiger partial charge in [-0.15, -0.1) is 0 Å². The van der Waals surface area contributed by atoms with Crippen molar-refractivity contribution in [3.05, 3.63) is 45.1 Å². The number of carboxylic acids is 1. The largest absolute Gasteiger partial charge is 0.478 e. The first-order valence-electron chi connectivity index (χ1n) is 4.74. The lowest BCUT2D eigenvalue weighted by Crippen LogP contribution is -1.99. The molecule has 0 bridgehead atoms. The number of benzene rings is 1. The molecule has 0 aliphatic heterocycles. The third-order valence-corrected chi connectivity index (χ3v) is 3.51. The van der Waals surface area contributed by atoms with Crippen molar-refractivity contribution in [1.29, 1.82) is 0 Å². The third kappa shape index (κ3) is 2.21. The van der Waals surface area contributed by atoms with Crippen LogP contribution in [0.2, 0.25) is 5.02 Å².